The second-order valence-electron chi connectivity index (χ2n) is 3.52. The lowest BCUT2D eigenvalue weighted by Crippen LogP contribution is -2.22. The van der Waals surface area contributed by atoms with Gasteiger partial charge in [0.2, 0.25) is 0 Å². The summed E-state index contributed by atoms with van der Waals surface area (Å²) in [4.78, 5) is 26.2. The first-order chi connectivity index (χ1) is 8.09. The fourth-order valence-corrected chi connectivity index (χ4v) is 1.54. The van der Waals surface area contributed by atoms with E-state index in [4.69, 9.17) is 5.11 Å². The smallest absolute Gasteiger partial charge is 0.305 e. The van der Waals surface area contributed by atoms with Crippen LogP contribution in [0.5, 0.6) is 0 Å². The average Bonchev–Trinajstić information content (AvgIpc) is 2.28. The molecule has 0 saturated carbocycles. The molecule has 0 saturated heterocycles. The van der Waals surface area contributed by atoms with E-state index in [2.05, 4.69) is 4.98 Å². The molecule has 0 aliphatic heterocycles. The summed E-state index contributed by atoms with van der Waals surface area (Å²) in [5.41, 5.74) is -0.295. The molecule has 1 aromatic carbocycles. The van der Waals surface area contributed by atoms with Crippen LogP contribution >= 0.6 is 0 Å². The molecule has 1 heterocycles. The third-order valence-corrected chi connectivity index (χ3v) is 2.37. The number of nitrogens with zero attached hydrogens (tertiary/aromatic N) is 2. The Bertz CT molecular complexity index is 636. The number of hydrogen-bond acceptors (Lipinski definition) is 3. The normalized spacial score (nSPS) is 10.6. The standard InChI is InChI=1S/C11H9FN2O3/c12-7-2-1-3-8-10(7)11(17)14(6-13-8)5-4-9(15)16/h1-3,6H,4-5H2,(H,15,16). The summed E-state index contributed by atoms with van der Waals surface area (Å²) in [6.07, 6.45) is 1.02. The maximum Gasteiger partial charge on any atom is 0.305 e. The number of hydrogen-bond donors (Lipinski definition) is 1. The molecule has 0 unspecified atom stereocenters. The molecule has 1 N–H and O–H groups in total. The van der Waals surface area contributed by atoms with Gasteiger partial charge in [-0.1, -0.05) is 6.07 Å². The topological polar surface area (TPSA) is 72.2 Å². The van der Waals surface area contributed by atoms with Crippen molar-refractivity contribution in [1.82, 2.24) is 9.55 Å². The van der Waals surface area contributed by atoms with Crippen molar-refractivity contribution in [2.45, 2.75) is 13.0 Å². The molecule has 0 spiro atoms. The first-order valence-corrected chi connectivity index (χ1v) is 4.95. The van der Waals surface area contributed by atoms with E-state index in [9.17, 15) is 14.0 Å². The highest BCUT2D eigenvalue weighted by atomic mass is 19.1. The number of aromatic nitrogens is 2. The number of halogens is 1. The van der Waals surface area contributed by atoms with Gasteiger partial charge in [-0.15, -0.1) is 0 Å². The van der Waals surface area contributed by atoms with Crippen LogP contribution in [-0.4, -0.2) is 20.6 Å². The number of carbonyl (C=O) groups is 1. The van der Waals surface area contributed by atoms with E-state index in [0.29, 0.717) is 0 Å². The molecule has 6 heteroatoms. The Labute approximate surface area is 95.1 Å². The minimum absolute atomic E-state index is 0.0224. The minimum Gasteiger partial charge on any atom is -0.481 e. The van der Waals surface area contributed by atoms with E-state index in [-0.39, 0.29) is 23.9 Å². The summed E-state index contributed by atoms with van der Waals surface area (Å²) in [6, 6.07) is 4.17. The van der Waals surface area contributed by atoms with Crippen molar-refractivity contribution in [1.29, 1.82) is 0 Å². The Morgan fingerprint density at radius 3 is 2.94 bits per heavy atom. The van der Waals surface area contributed by atoms with Gasteiger partial charge in [0.05, 0.1) is 18.3 Å². The highest BCUT2D eigenvalue weighted by molar-refractivity contribution is 5.77. The van der Waals surface area contributed by atoms with Gasteiger partial charge in [-0.25, -0.2) is 9.37 Å². The molecule has 2 rings (SSSR count). The second kappa shape index (κ2) is 4.32. The fraction of sp³-hybridized carbons (Fsp3) is 0.182. The molecule has 0 atom stereocenters. The Kier molecular flexibility index (Phi) is 2.86. The van der Waals surface area contributed by atoms with Crippen LogP contribution in [0.1, 0.15) is 6.42 Å². The van der Waals surface area contributed by atoms with Crippen molar-refractivity contribution in [2.75, 3.05) is 0 Å². The summed E-state index contributed by atoms with van der Waals surface area (Å²) < 4.78 is 14.6. The van der Waals surface area contributed by atoms with Crippen molar-refractivity contribution in [2.24, 2.45) is 0 Å². The molecule has 0 amide bonds. The van der Waals surface area contributed by atoms with E-state index in [1.807, 2.05) is 0 Å². The van der Waals surface area contributed by atoms with Gasteiger partial charge in [0, 0.05) is 6.54 Å². The summed E-state index contributed by atoms with van der Waals surface area (Å²) in [7, 11) is 0. The molecule has 1 aromatic heterocycles. The third-order valence-electron chi connectivity index (χ3n) is 2.37. The highest BCUT2D eigenvalue weighted by Crippen LogP contribution is 2.10. The van der Waals surface area contributed by atoms with Crippen LogP contribution in [0, 0.1) is 5.82 Å². The quantitative estimate of drug-likeness (QED) is 0.863. The molecule has 88 valence electrons. The van der Waals surface area contributed by atoms with Crippen molar-refractivity contribution in [3.63, 3.8) is 0 Å². The van der Waals surface area contributed by atoms with Gasteiger partial charge in [-0.05, 0) is 12.1 Å². The molecule has 0 aliphatic carbocycles. The molecule has 0 aliphatic rings. The molecule has 0 bridgehead atoms. The predicted molar refractivity (Wildman–Crippen MR) is 58.2 cm³/mol. The summed E-state index contributed by atoms with van der Waals surface area (Å²) >= 11 is 0. The van der Waals surface area contributed by atoms with Crippen molar-refractivity contribution in [3.05, 3.63) is 40.7 Å². The molecule has 0 radical (unpaired) electrons. The Balaban J connectivity index is 2.53. The van der Waals surface area contributed by atoms with Crippen LogP contribution in [0.3, 0.4) is 0 Å². The molecular weight excluding hydrogens is 227 g/mol. The second-order valence-corrected chi connectivity index (χ2v) is 3.52. The van der Waals surface area contributed by atoms with Crippen LogP contribution in [0.2, 0.25) is 0 Å². The molecule has 17 heavy (non-hydrogen) atoms. The first kappa shape index (κ1) is 11.3. The van der Waals surface area contributed by atoms with Crippen molar-refractivity contribution in [3.8, 4) is 0 Å². The Hall–Kier alpha value is -2.24. The van der Waals surface area contributed by atoms with Gasteiger partial charge in [-0.2, -0.15) is 0 Å². The number of carboxylic acids is 1. The van der Waals surface area contributed by atoms with Gasteiger partial charge >= 0.3 is 5.97 Å². The van der Waals surface area contributed by atoms with Crippen molar-refractivity contribution >= 4 is 16.9 Å². The van der Waals surface area contributed by atoms with Crippen LogP contribution in [0.15, 0.2) is 29.3 Å². The highest BCUT2D eigenvalue weighted by Gasteiger charge is 2.09. The number of aliphatic carboxylic acids is 1. The number of benzene rings is 1. The number of aryl methyl sites for hydroxylation is 1. The van der Waals surface area contributed by atoms with Gasteiger partial charge in [0.15, 0.2) is 0 Å². The fourth-order valence-electron chi connectivity index (χ4n) is 1.54. The average molecular weight is 236 g/mol. The van der Waals surface area contributed by atoms with E-state index in [0.717, 1.165) is 4.57 Å². The molecular formula is C11H9FN2O3. The number of fused-ring (bicyclic) bond motifs is 1. The summed E-state index contributed by atoms with van der Waals surface area (Å²) in [5.74, 6) is -1.67. The number of carboxylic acid groups (broad SMARTS) is 1. The van der Waals surface area contributed by atoms with E-state index in [1.165, 1.54) is 24.5 Å². The van der Waals surface area contributed by atoms with Gasteiger partial charge in [0.1, 0.15) is 11.2 Å². The maximum atomic E-state index is 13.5. The van der Waals surface area contributed by atoms with Crippen LogP contribution in [-0.2, 0) is 11.3 Å². The Morgan fingerprint density at radius 1 is 1.47 bits per heavy atom. The Morgan fingerprint density at radius 2 is 2.24 bits per heavy atom. The predicted octanol–water partition coefficient (Wildman–Crippen LogP) is 1.01. The first-order valence-electron chi connectivity index (χ1n) is 4.95. The largest absolute Gasteiger partial charge is 0.481 e. The monoisotopic (exact) mass is 236 g/mol. The van der Waals surface area contributed by atoms with E-state index < -0.39 is 17.3 Å². The third kappa shape index (κ3) is 2.15. The lowest BCUT2D eigenvalue weighted by Gasteiger charge is -2.04. The summed E-state index contributed by atoms with van der Waals surface area (Å²) in [6.45, 7) is -0.0224. The lowest BCUT2D eigenvalue weighted by atomic mass is 10.2. The molecule has 0 fully saturated rings. The zero-order valence-electron chi connectivity index (χ0n) is 8.76. The van der Waals surface area contributed by atoms with E-state index >= 15 is 0 Å². The van der Waals surface area contributed by atoms with Crippen LogP contribution < -0.4 is 5.56 Å². The molecule has 5 nitrogen and oxygen atoms in total. The van der Waals surface area contributed by atoms with Gasteiger partial charge < -0.3 is 5.11 Å². The zero-order valence-corrected chi connectivity index (χ0v) is 8.76. The van der Waals surface area contributed by atoms with Crippen LogP contribution in [0.25, 0.3) is 10.9 Å². The van der Waals surface area contributed by atoms with Gasteiger partial charge in [-0.3, -0.25) is 14.2 Å². The minimum atomic E-state index is -1.02. The maximum absolute atomic E-state index is 13.5. The SMILES string of the molecule is O=C(O)CCn1cnc2cccc(F)c2c1=O. The van der Waals surface area contributed by atoms with E-state index in [1.54, 1.807) is 0 Å². The number of rotatable bonds is 3. The van der Waals surface area contributed by atoms with Crippen molar-refractivity contribution < 1.29 is 14.3 Å². The lowest BCUT2D eigenvalue weighted by molar-refractivity contribution is -0.137. The zero-order chi connectivity index (χ0) is 12.4. The molecule has 2 aromatic rings. The van der Waals surface area contributed by atoms with Crippen LogP contribution in [0.4, 0.5) is 4.39 Å². The summed E-state index contributed by atoms with van der Waals surface area (Å²) in [5, 5.41) is 8.41. The van der Waals surface area contributed by atoms with Gasteiger partial charge in [0.25, 0.3) is 5.56 Å².